The molecule has 0 spiro atoms. The van der Waals surface area contributed by atoms with Crippen molar-refractivity contribution in [3.8, 4) is 0 Å². The smallest absolute Gasteiger partial charge is 0.208 e. The second-order valence-corrected chi connectivity index (χ2v) is 6.93. The SMILES string of the molecule is O=S(=O)(Cl)/C=C/c1ccc(Br)s1. The predicted molar refractivity (Wildman–Crippen MR) is 55.8 cm³/mol. The third-order valence-electron chi connectivity index (χ3n) is 0.989. The van der Waals surface area contributed by atoms with E-state index in [4.69, 9.17) is 10.7 Å². The van der Waals surface area contributed by atoms with E-state index in [1.807, 2.05) is 6.07 Å². The maximum absolute atomic E-state index is 10.5. The Hall–Kier alpha value is 0.160. The third-order valence-corrected chi connectivity index (χ3v) is 3.35. The van der Waals surface area contributed by atoms with Crippen molar-refractivity contribution >= 4 is 53.1 Å². The molecule has 1 rings (SSSR count). The highest BCUT2D eigenvalue weighted by molar-refractivity contribution is 9.11. The van der Waals surface area contributed by atoms with Crippen molar-refractivity contribution in [3.05, 3.63) is 26.2 Å². The monoisotopic (exact) mass is 286 g/mol. The van der Waals surface area contributed by atoms with E-state index in [1.54, 1.807) is 6.07 Å². The second kappa shape index (κ2) is 3.91. The summed E-state index contributed by atoms with van der Waals surface area (Å²) >= 11 is 4.69. The minimum Gasteiger partial charge on any atom is -0.208 e. The Morgan fingerprint density at radius 1 is 1.50 bits per heavy atom. The maximum atomic E-state index is 10.5. The van der Waals surface area contributed by atoms with Crippen LogP contribution in [0.4, 0.5) is 0 Å². The molecular weight excluding hydrogens is 284 g/mol. The lowest BCUT2D eigenvalue weighted by Gasteiger charge is -1.81. The minimum atomic E-state index is -3.53. The van der Waals surface area contributed by atoms with E-state index in [1.165, 1.54) is 17.4 Å². The van der Waals surface area contributed by atoms with Gasteiger partial charge in [-0.2, -0.15) is 0 Å². The van der Waals surface area contributed by atoms with Gasteiger partial charge in [0.2, 0.25) is 0 Å². The number of halogens is 2. The third kappa shape index (κ3) is 3.71. The molecule has 12 heavy (non-hydrogen) atoms. The number of hydrogen-bond acceptors (Lipinski definition) is 3. The van der Waals surface area contributed by atoms with Crippen LogP contribution in [-0.2, 0) is 9.05 Å². The second-order valence-electron chi connectivity index (χ2n) is 1.92. The molecule has 0 N–H and O–H groups in total. The summed E-state index contributed by atoms with van der Waals surface area (Å²) in [4.78, 5) is 0.839. The van der Waals surface area contributed by atoms with Crippen LogP contribution in [0.5, 0.6) is 0 Å². The molecule has 2 nitrogen and oxygen atoms in total. The van der Waals surface area contributed by atoms with Crippen molar-refractivity contribution < 1.29 is 8.42 Å². The molecule has 1 aromatic heterocycles. The van der Waals surface area contributed by atoms with Gasteiger partial charge in [-0.3, -0.25) is 0 Å². The van der Waals surface area contributed by atoms with Crippen LogP contribution in [0.2, 0.25) is 0 Å². The van der Waals surface area contributed by atoms with Gasteiger partial charge in [0, 0.05) is 21.0 Å². The fourth-order valence-corrected chi connectivity index (χ4v) is 2.44. The lowest BCUT2D eigenvalue weighted by molar-refractivity contribution is 0.617. The van der Waals surface area contributed by atoms with Crippen LogP contribution in [0.1, 0.15) is 4.88 Å². The van der Waals surface area contributed by atoms with Gasteiger partial charge < -0.3 is 0 Å². The van der Waals surface area contributed by atoms with E-state index < -0.39 is 9.05 Å². The van der Waals surface area contributed by atoms with Gasteiger partial charge in [0.25, 0.3) is 9.05 Å². The summed E-state index contributed by atoms with van der Waals surface area (Å²) in [5.41, 5.74) is 0. The zero-order valence-corrected chi connectivity index (χ0v) is 9.67. The Balaban J connectivity index is 2.84. The fourth-order valence-electron chi connectivity index (χ4n) is 0.566. The average molecular weight is 288 g/mol. The van der Waals surface area contributed by atoms with Crippen molar-refractivity contribution in [2.75, 3.05) is 0 Å². The molecular formula is C6H4BrClO2S2. The first kappa shape index (κ1) is 10.2. The maximum Gasteiger partial charge on any atom is 0.254 e. The Morgan fingerprint density at radius 2 is 2.17 bits per heavy atom. The molecule has 0 fully saturated rings. The normalized spacial score (nSPS) is 12.5. The molecule has 0 saturated heterocycles. The molecule has 0 aliphatic rings. The Labute approximate surface area is 87.4 Å². The van der Waals surface area contributed by atoms with Crippen molar-refractivity contribution in [2.45, 2.75) is 0 Å². The van der Waals surface area contributed by atoms with Crippen LogP contribution in [0.25, 0.3) is 6.08 Å². The van der Waals surface area contributed by atoms with Crippen LogP contribution in [0, 0.1) is 0 Å². The van der Waals surface area contributed by atoms with Gasteiger partial charge in [0.05, 0.1) is 3.79 Å². The summed E-state index contributed by atoms with van der Waals surface area (Å²) in [5, 5.41) is 0.965. The van der Waals surface area contributed by atoms with E-state index in [9.17, 15) is 8.42 Å². The Kier molecular flexibility index (Phi) is 3.34. The first-order chi connectivity index (χ1) is 5.47. The minimum absolute atomic E-state index is 0.839. The van der Waals surface area contributed by atoms with E-state index in [0.29, 0.717) is 0 Å². The zero-order chi connectivity index (χ0) is 9.19. The molecule has 0 aliphatic heterocycles. The molecule has 0 amide bonds. The molecule has 1 aromatic rings. The highest BCUT2D eigenvalue weighted by Crippen LogP contribution is 2.23. The van der Waals surface area contributed by atoms with Gasteiger partial charge in [0.15, 0.2) is 0 Å². The van der Waals surface area contributed by atoms with Crippen LogP contribution < -0.4 is 0 Å². The Morgan fingerprint density at radius 3 is 2.58 bits per heavy atom. The van der Waals surface area contributed by atoms with Crippen molar-refractivity contribution in [2.24, 2.45) is 0 Å². The van der Waals surface area contributed by atoms with E-state index in [2.05, 4.69) is 15.9 Å². The fraction of sp³-hybridized carbons (Fsp3) is 0. The molecule has 0 aliphatic carbocycles. The number of thiophene rings is 1. The standard InChI is InChI=1S/C6H4BrClO2S2/c7-6-2-1-5(11-6)3-4-12(8,9)10/h1-4H/b4-3+. The lowest BCUT2D eigenvalue weighted by atomic mass is 10.5. The van der Waals surface area contributed by atoms with Crippen LogP contribution in [-0.4, -0.2) is 8.42 Å². The van der Waals surface area contributed by atoms with Crippen molar-refractivity contribution in [1.82, 2.24) is 0 Å². The summed E-state index contributed by atoms with van der Waals surface area (Å²) in [6.07, 6.45) is 1.46. The average Bonchev–Trinajstić information content (AvgIpc) is 2.30. The predicted octanol–water partition coefficient (Wildman–Crippen LogP) is 3.05. The van der Waals surface area contributed by atoms with Gasteiger partial charge >= 0.3 is 0 Å². The van der Waals surface area contributed by atoms with Gasteiger partial charge in [0.1, 0.15) is 0 Å². The first-order valence-electron chi connectivity index (χ1n) is 2.85. The van der Waals surface area contributed by atoms with Gasteiger partial charge in [-0.1, -0.05) is 0 Å². The number of hydrogen-bond donors (Lipinski definition) is 0. The number of rotatable bonds is 2. The quantitative estimate of drug-likeness (QED) is 0.784. The molecule has 0 radical (unpaired) electrons. The lowest BCUT2D eigenvalue weighted by Crippen LogP contribution is -1.77. The summed E-state index contributed by atoms with van der Waals surface area (Å²) in [5.74, 6) is 0. The van der Waals surface area contributed by atoms with Gasteiger partial charge in [-0.05, 0) is 34.1 Å². The topological polar surface area (TPSA) is 34.1 Å². The van der Waals surface area contributed by atoms with Crippen LogP contribution >= 0.6 is 37.9 Å². The van der Waals surface area contributed by atoms with E-state index in [0.717, 1.165) is 14.1 Å². The van der Waals surface area contributed by atoms with Crippen LogP contribution in [0.3, 0.4) is 0 Å². The molecule has 66 valence electrons. The molecule has 0 atom stereocenters. The van der Waals surface area contributed by atoms with E-state index >= 15 is 0 Å². The Bertz CT molecular complexity index is 393. The molecule has 6 heteroatoms. The summed E-state index contributed by atoms with van der Waals surface area (Å²) in [6, 6.07) is 3.64. The van der Waals surface area contributed by atoms with Crippen molar-refractivity contribution in [3.63, 3.8) is 0 Å². The molecule has 1 heterocycles. The summed E-state index contributed by atoms with van der Waals surface area (Å²) in [7, 11) is 1.44. The molecule has 0 unspecified atom stereocenters. The van der Waals surface area contributed by atoms with Crippen LogP contribution in [0.15, 0.2) is 21.3 Å². The molecule has 0 aromatic carbocycles. The molecule has 0 bridgehead atoms. The summed E-state index contributed by atoms with van der Waals surface area (Å²) in [6.45, 7) is 0. The largest absolute Gasteiger partial charge is 0.254 e. The zero-order valence-electron chi connectivity index (χ0n) is 5.70. The van der Waals surface area contributed by atoms with Gasteiger partial charge in [-0.15, -0.1) is 11.3 Å². The van der Waals surface area contributed by atoms with Gasteiger partial charge in [-0.25, -0.2) is 8.42 Å². The highest BCUT2D eigenvalue weighted by atomic mass is 79.9. The highest BCUT2D eigenvalue weighted by Gasteiger charge is 1.98. The summed E-state index contributed by atoms with van der Waals surface area (Å²) < 4.78 is 21.9. The molecule has 0 saturated carbocycles. The van der Waals surface area contributed by atoms with Crippen molar-refractivity contribution in [1.29, 1.82) is 0 Å². The first-order valence-corrected chi connectivity index (χ1v) is 6.84. The van der Waals surface area contributed by atoms with E-state index in [-0.39, 0.29) is 0 Å².